The number of aryl methyl sites for hydroxylation is 1. The molecule has 278 valence electrons. The normalized spacial score (nSPS) is 23.4. The van der Waals surface area contributed by atoms with E-state index >= 15 is 4.39 Å². The number of piperidine rings is 2. The van der Waals surface area contributed by atoms with Gasteiger partial charge < -0.3 is 29.7 Å². The summed E-state index contributed by atoms with van der Waals surface area (Å²) in [7, 11) is 1.66. The van der Waals surface area contributed by atoms with Gasteiger partial charge in [-0.3, -0.25) is 14.9 Å². The number of hydrogen-bond acceptors (Lipinski definition) is 8. The first-order valence-corrected chi connectivity index (χ1v) is 19.4. The zero-order valence-electron chi connectivity index (χ0n) is 30.9. The summed E-state index contributed by atoms with van der Waals surface area (Å²) in [6.45, 7) is 6.80. The van der Waals surface area contributed by atoms with Gasteiger partial charge in [-0.15, -0.1) is 0 Å². The summed E-state index contributed by atoms with van der Waals surface area (Å²) in [5.74, 6) is 0.261. The number of anilines is 3. The van der Waals surface area contributed by atoms with Crippen LogP contribution >= 0.6 is 0 Å². The van der Waals surface area contributed by atoms with E-state index in [0.717, 1.165) is 66.6 Å². The van der Waals surface area contributed by atoms with Crippen LogP contribution in [-0.4, -0.2) is 86.6 Å². The maximum atomic E-state index is 15.6. The number of rotatable bonds is 8. The van der Waals surface area contributed by atoms with Crippen molar-refractivity contribution in [2.24, 2.45) is 0 Å². The highest BCUT2D eigenvalue weighted by molar-refractivity contribution is 6.09. The number of nitrogens with one attached hydrogen (secondary N) is 2. The lowest BCUT2D eigenvalue weighted by Crippen LogP contribution is -2.58. The van der Waals surface area contributed by atoms with E-state index in [-0.39, 0.29) is 23.5 Å². The van der Waals surface area contributed by atoms with Crippen molar-refractivity contribution in [2.45, 2.75) is 101 Å². The SMILES string of the molecule is CNC(O)c1cc(Nc2nc(-c3ccc4c(c3)N([C@H]3C[C@@H](N5CCCCC5)C3)C(=O)C43CCN(C(C)=O)CC3)cc3ncn(C4CC4)c23)c(F)cc1C. The Balaban J connectivity index is 1.11. The number of amides is 2. The molecule has 5 aliphatic rings. The molecule has 53 heavy (non-hydrogen) atoms. The van der Waals surface area contributed by atoms with E-state index in [1.54, 1.807) is 27.0 Å². The van der Waals surface area contributed by atoms with Gasteiger partial charge in [0.05, 0.1) is 28.6 Å². The minimum Gasteiger partial charge on any atom is -0.374 e. The molecule has 1 unspecified atom stereocenters. The average molecular weight is 721 g/mol. The first-order chi connectivity index (χ1) is 25.6. The van der Waals surface area contributed by atoms with E-state index in [9.17, 15) is 14.7 Å². The summed E-state index contributed by atoms with van der Waals surface area (Å²) >= 11 is 0. The van der Waals surface area contributed by atoms with Gasteiger partial charge in [0.15, 0.2) is 5.82 Å². The summed E-state index contributed by atoms with van der Waals surface area (Å²) in [5.41, 5.74) is 5.85. The van der Waals surface area contributed by atoms with Gasteiger partial charge >= 0.3 is 0 Å². The van der Waals surface area contributed by atoms with Crippen LogP contribution in [0.1, 0.15) is 93.7 Å². The lowest BCUT2D eigenvalue weighted by atomic mass is 9.73. The number of nitrogens with zero attached hydrogens (tertiary/aromatic N) is 6. The molecule has 3 aliphatic heterocycles. The van der Waals surface area contributed by atoms with E-state index < -0.39 is 17.5 Å². The van der Waals surface area contributed by atoms with Gasteiger partial charge in [-0.2, -0.15) is 0 Å². The quantitative estimate of drug-likeness (QED) is 0.188. The predicted molar refractivity (Wildman–Crippen MR) is 203 cm³/mol. The zero-order valence-corrected chi connectivity index (χ0v) is 30.9. The largest absolute Gasteiger partial charge is 0.374 e. The number of aromatic nitrogens is 3. The van der Waals surface area contributed by atoms with Crippen molar-refractivity contribution in [3.63, 3.8) is 0 Å². The highest BCUT2D eigenvalue weighted by Crippen LogP contribution is 2.52. The number of aliphatic hydroxyl groups is 1. The molecule has 0 radical (unpaired) electrons. The Morgan fingerprint density at radius 1 is 1.00 bits per heavy atom. The second kappa shape index (κ2) is 13.2. The molecule has 2 amide bonds. The van der Waals surface area contributed by atoms with Gasteiger partial charge in [-0.1, -0.05) is 18.6 Å². The number of halogens is 1. The fourth-order valence-electron chi connectivity index (χ4n) is 9.44. The van der Waals surface area contributed by atoms with Crippen LogP contribution in [0.3, 0.4) is 0 Å². The topological polar surface area (TPSA) is 119 Å². The minimum absolute atomic E-state index is 0.0519. The van der Waals surface area contributed by atoms with Crippen LogP contribution < -0.4 is 15.5 Å². The van der Waals surface area contributed by atoms with E-state index in [0.29, 0.717) is 60.7 Å². The number of aliphatic hydroxyl groups excluding tert-OH is 1. The van der Waals surface area contributed by atoms with E-state index in [1.165, 1.54) is 25.3 Å². The van der Waals surface area contributed by atoms with Crippen LogP contribution in [0.2, 0.25) is 0 Å². The lowest BCUT2D eigenvalue weighted by molar-refractivity contribution is -0.134. The van der Waals surface area contributed by atoms with Crippen molar-refractivity contribution in [3.8, 4) is 11.3 Å². The van der Waals surface area contributed by atoms with Gasteiger partial charge in [-0.25, -0.2) is 14.4 Å². The highest BCUT2D eigenvalue weighted by Gasteiger charge is 2.55. The number of fused-ring (bicyclic) bond motifs is 3. The molecule has 1 spiro atoms. The Labute approximate surface area is 309 Å². The fraction of sp³-hybridized carbons (Fsp3) is 0.512. The zero-order chi connectivity index (χ0) is 36.6. The first kappa shape index (κ1) is 34.4. The molecular formula is C41H49FN8O3. The number of hydrogen-bond donors (Lipinski definition) is 3. The van der Waals surface area contributed by atoms with Crippen LogP contribution in [0.4, 0.5) is 21.6 Å². The van der Waals surface area contributed by atoms with Crippen molar-refractivity contribution in [3.05, 3.63) is 65.2 Å². The van der Waals surface area contributed by atoms with Crippen molar-refractivity contribution in [1.29, 1.82) is 0 Å². The van der Waals surface area contributed by atoms with E-state index in [1.807, 2.05) is 17.3 Å². The van der Waals surface area contributed by atoms with Gasteiger partial charge in [0.2, 0.25) is 11.8 Å². The molecule has 2 saturated heterocycles. The number of pyridine rings is 1. The van der Waals surface area contributed by atoms with Crippen LogP contribution in [0.15, 0.2) is 42.7 Å². The first-order valence-electron chi connectivity index (χ1n) is 19.4. The standard InChI is InChI=1S/C41H49FN8O3/c1-24-17-32(42)34(21-30(24)39(52)43-3)46-38-37-35(44-23-49(37)27-8-9-27)22-33(45-38)26-7-10-31-36(18-26)50(29-19-28(20-29)48-13-5-4-6-14-48)40(53)41(31)11-15-47(16-12-41)25(2)51/h7,10,17-18,21-23,27-29,39,43,52H,4-6,8-9,11-16,19-20H2,1-3H3,(H,45,46)/t28-,29+,39?. The van der Waals surface area contributed by atoms with E-state index in [2.05, 4.69) is 43.2 Å². The van der Waals surface area contributed by atoms with Crippen LogP contribution in [0, 0.1) is 12.7 Å². The second-order valence-corrected chi connectivity index (χ2v) is 16.0. The number of imidazole rings is 1. The molecule has 4 fully saturated rings. The molecule has 5 heterocycles. The van der Waals surface area contributed by atoms with Gasteiger partial charge in [0.25, 0.3) is 0 Å². The maximum Gasteiger partial charge on any atom is 0.238 e. The third kappa shape index (κ3) is 5.81. The average Bonchev–Trinajstić information content (AvgIpc) is 3.86. The summed E-state index contributed by atoms with van der Waals surface area (Å²) < 4.78 is 17.7. The Kier molecular flexibility index (Phi) is 8.55. The van der Waals surface area contributed by atoms with Gasteiger partial charge in [0.1, 0.15) is 17.6 Å². The molecule has 12 heteroatoms. The maximum absolute atomic E-state index is 15.6. The third-order valence-electron chi connectivity index (χ3n) is 12.8. The highest BCUT2D eigenvalue weighted by atomic mass is 19.1. The van der Waals surface area contributed by atoms with Crippen LogP contribution in [-0.2, 0) is 15.0 Å². The number of carbonyl (C=O) groups excluding carboxylic acids is 2. The number of likely N-dealkylation sites (tertiary alicyclic amines) is 2. The Hall–Kier alpha value is -4.39. The Morgan fingerprint density at radius 2 is 1.75 bits per heavy atom. The van der Waals surface area contributed by atoms with Gasteiger partial charge in [-0.05, 0) is 114 Å². The molecule has 3 N–H and O–H groups in total. The summed E-state index contributed by atoms with van der Waals surface area (Å²) in [4.78, 5) is 43.6. The Morgan fingerprint density at radius 3 is 2.45 bits per heavy atom. The van der Waals surface area contributed by atoms with Crippen LogP contribution in [0.5, 0.6) is 0 Å². The number of benzene rings is 2. The molecule has 9 rings (SSSR count). The summed E-state index contributed by atoms with van der Waals surface area (Å²) in [5, 5.41) is 16.7. The molecule has 4 aromatic rings. The van der Waals surface area contributed by atoms with Gasteiger partial charge in [0, 0.05) is 55.0 Å². The van der Waals surface area contributed by atoms with Crippen LogP contribution in [0.25, 0.3) is 22.3 Å². The van der Waals surface area contributed by atoms with Crippen molar-refractivity contribution >= 4 is 40.0 Å². The van der Waals surface area contributed by atoms with Crippen molar-refractivity contribution < 1.29 is 19.1 Å². The number of carbonyl (C=O) groups is 2. The van der Waals surface area contributed by atoms with E-state index in [4.69, 9.17) is 9.97 Å². The van der Waals surface area contributed by atoms with Crippen molar-refractivity contribution in [1.82, 2.24) is 29.7 Å². The summed E-state index contributed by atoms with van der Waals surface area (Å²) in [6.07, 6.45) is 9.93. The predicted octanol–water partition coefficient (Wildman–Crippen LogP) is 6.08. The molecule has 0 bridgehead atoms. The lowest BCUT2D eigenvalue weighted by Gasteiger charge is -2.48. The molecule has 2 aliphatic carbocycles. The third-order valence-corrected chi connectivity index (χ3v) is 12.8. The molecule has 2 saturated carbocycles. The Bertz CT molecular complexity index is 2090. The molecule has 2 aromatic heterocycles. The molecule has 1 atom stereocenters. The molecule has 11 nitrogen and oxygen atoms in total. The van der Waals surface area contributed by atoms with Crippen molar-refractivity contribution in [2.75, 3.05) is 43.4 Å². The second-order valence-electron chi connectivity index (χ2n) is 16.0. The smallest absolute Gasteiger partial charge is 0.238 e. The minimum atomic E-state index is -0.951. The summed E-state index contributed by atoms with van der Waals surface area (Å²) in [6, 6.07) is 12.3. The molecule has 2 aromatic carbocycles. The molecular weight excluding hydrogens is 672 g/mol. The fourth-order valence-corrected chi connectivity index (χ4v) is 9.44. The monoisotopic (exact) mass is 720 g/mol.